The number of aromatic amines is 1. The molecule has 3 N–H and O–H groups in total. The van der Waals surface area contributed by atoms with Gasteiger partial charge in [-0.05, 0) is 48.6 Å². The number of alkyl halides is 3. The highest BCUT2D eigenvalue weighted by Crippen LogP contribution is 2.45. The molecule has 0 amide bonds. The molecule has 8 heteroatoms. The van der Waals surface area contributed by atoms with Crippen LogP contribution in [-0.2, 0) is 11.8 Å². The molecule has 1 aromatic carbocycles. The first-order valence-electron chi connectivity index (χ1n) is 9.03. The van der Waals surface area contributed by atoms with Gasteiger partial charge in [0.25, 0.3) is 0 Å². The van der Waals surface area contributed by atoms with Crippen molar-refractivity contribution in [1.82, 2.24) is 9.97 Å². The van der Waals surface area contributed by atoms with Crippen molar-refractivity contribution in [3.05, 3.63) is 59.3 Å². The van der Waals surface area contributed by atoms with Crippen LogP contribution < -0.4 is 0 Å². The fourth-order valence-corrected chi connectivity index (χ4v) is 3.85. The number of aliphatic hydroxyl groups is 1. The molecular formula is C21H22F4N2O2. The van der Waals surface area contributed by atoms with Crippen molar-refractivity contribution in [3.63, 3.8) is 0 Å². The fourth-order valence-electron chi connectivity index (χ4n) is 3.85. The summed E-state index contributed by atoms with van der Waals surface area (Å²) in [6.45, 7) is 4.54. The summed E-state index contributed by atoms with van der Waals surface area (Å²) in [5.74, 6) is -1.01. The number of phenols is 1. The van der Waals surface area contributed by atoms with Crippen LogP contribution in [0.15, 0.2) is 36.7 Å². The van der Waals surface area contributed by atoms with Crippen molar-refractivity contribution in [2.45, 2.75) is 50.8 Å². The summed E-state index contributed by atoms with van der Waals surface area (Å²) in [5, 5.41) is 21.6. The number of aryl methyl sites for hydroxylation is 1. The molecule has 1 unspecified atom stereocenters. The molecule has 0 aliphatic rings. The van der Waals surface area contributed by atoms with E-state index in [0.29, 0.717) is 11.1 Å². The number of pyridine rings is 1. The zero-order chi connectivity index (χ0) is 21.6. The van der Waals surface area contributed by atoms with E-state index >= 15 is 0 Å². The minimum Gasteiger partial charge on any atom is -0.508 e. The average Bonchev–Trinajstić information content (AvgIpc) is 2.91. The Bertz CT molecular complexity index is 1040. The summed E-state index contributed by atoms with van der Waals surface area (Å²) in [4.78, 5) is 6.86. The third kappa shape index (κ3) is 3.94. The lowest BCUT2D eigenvalue weighted by atomic mass is 9.73. The van der Waals surface area contributed by atoms with Crippen LogP contribution in [0.4, 0.5) is 17.6 Å². The van der Waals surface area contributed by atoms with Crippen LogP contribution in [0.25, 0.3) is 10.9 Å². The van der Waals surface area contributed by atoms with Crippen LogP contribution in [-0.4, -0.2) is 32.0 Å². The highest BCUT2D eigenvalue weighted by Gasteiger charge is 2.56. The maximum Gasteiger partial charge on any atom is 0.417 e. The normalized spacial score (nSPS) is 14.9. The van der Waals surface area contributed by atoms with Gasteiger partial charge in [0.2, 0.25) is 0 Å². The van der Waals surface area contributed by atoms with Gasteiger partial charge in [0, 0.05) is 29.3 Å². The summed E-state index contributed by atoms with van der Waals surface area (Å²) in [6.07, 6.45) is -3.38. The fraction of sp³-hybridized carbons (Fsp3) is 0.381. The molecule has 0 radical (unpaired) electrons. The minimum absolute atomic E-state index is 0.00209. The summed E-state index contributed by atoms with van der Waals surface area (Å²) < 4.78 is 55.6. The van der Waals surface area contributed by atoms with Gasteiger partial charge in [0.1, 0.15) is 11.6 Å². The Morgan fingerprint density at radius 1 is 1.14 bits per heavy atom. The van der Waals surface area contributed by atoms with Crippen molar-refractivity contribution >= 4 is 10.9 Å². The lowest BCUT2D eigenvalue weighted by molar-refractivity contribution is -0.266. The van der Waals surface area contributed by atoms with Crippen LogP contribution in [0, 0.1) is 12.7 Å². The second kappa shape index (κ2) is 7.02. The van der Waals surface area contributed by atoms with E-state index < -0.39 is 35.9 Å². The lowest BCUT2D eigenvalue weighted by Crippen LogP contribution is -2.51. The predicted octanol–water partition coefficient (Wildman–Crippen LogP) is 4.92. The van der Waals surface area contributed by atoms with Gasteiger partial charge in [-0.1, -0.05) is 13.8 Å². The summed E-state index contributed by atoms with van der Waals surface area (Å²) in [5.41, 5.74) is -3.06. The molecule has 0 aliphatic heterocycles. The molecule has 3 aromatic rings. The SMILES string of the molecule is Cc1c(CC(O)(CC(C)(C)c2cc(F)ccc2O)C(F)(F)F)[nH]c2cnccc12. The van der Waals surface area contributed by atoms with E-state index in [4.69, 9.17) is 0 Å². The number of phenolic OH excluding ortho intramolecular Hbond substituents is 1. The Balaban J connectivity index is 2.02. The largest absolute Gasteiger partial charge is 0.508 e. The molecular weight excluding hydrogens is 388 g/mol. The second-order valence-corrected chi connectivity index (χ2v) is 8.08. The third-order valence-corrected chi connectivity index (χ3v) is 5.38. The van der Waals surface area contributed by atoms with Gasteiger partial charge >= 0.3 is 6.18 Å². The molecule has 0 bridgehead atoms. The number of nitrogens with zero attached hydrogens (tertiary/aromatic N) is 1. The van der Waals surface area contributed by atoms with Crippen molar-refractivity contribution < 1.29 is 27.8 Å². The number of hydrogen-bond acceptors (Lipinski definition) is 3. The molecule has 2 heterocycles. The number of halogens is 4. The van der Waals surface area contributed by atoms with Gasteiger partial charge in [-0.3, -0.25) is 4.98 Å². The average molecular weight is 410 g/mol. The number of benzene rings is 1. The Morgan fingerprint density at radius 3 is 2.45 bits per heavy atom. The van der Waals surface area contributed by atoms with E-state index in [0.717, 1.165) is 23.6 Å². The summed E-state index contributed by atoms with van der Waals surface area (Å²) in [6, 6.07) is 4.79. The second-order valence-electron chi connectivity index (χ2n) is 8.08. The van der Waals surface area contributed by atoms with Gasteiger partial charge in [-0.2, -0.15) is 13.2 Å². The maximum atomic E-state index is 14.0. The molecule has 0 saturated carbocycles. The molecule has 1 atom stereocenters. The Kier molecular flexibility index (Phi) is 5.11. The number of rotatable bonds is 5. The molecule has 29 heavy (non-hydrogen) atoms. The van der Waals surface area contributed by atoms with Crippen molar-refractivity contribution in [2.24, 2.45) is 0 Å². The first-order chi connectivity index (χ1) is 13.3. The summed E-state index contributed by atoms with van der Waals surface area (Å²) >= 11 is 0. The molecule has 4 nitrogen and oxygen atoms in total. The van der Waals surface area contributed by atoms with E-state index in [-0.39, 0.29) is 17.0 Å². The number of hydrogen-bond donors (Lipinski definition) is 3. The van der Waals surface area contributed by atoms with Crippen LogP contribution in [0.2, 0.25) is 0 Å². The molecule has 156 valence electrons. The number of aromatic nitrogens is 2. The quantitative estimate of drug-likeness (QED) is 0.523. The molecule has 0 fully saturated rings. The molecule has 0 spiro atoms. The van der Waals surface area contributed by atoms with E-state index in [1.807, 2.05) is 0 Å². The van der Waals surface area contributed by atoms with E-state index in [1.165, 1.54) is 20.0 Å². The van der Waals surface area contributed by atoms with Crippen molar-refractivity contribution in [3.8, 4) is 5.75 Å². The Labute approximate surface area is 165 Å². The summed E-state index contributed by atoms with van der Waals surface area (Å²) in [7, 11) is 0. The van der Waals surface area contributed by atoms with Crippen LogP contribution >= 0.6 is 0 Å². The van der Waals surface area contributed by atoms with Gasteiger partial charge in [0.15, 0.2) is 5.60 Å². The highest BCUT2D eigenvalue weighted by molar-refractivity contribution is 5.83. The number of nitrogens with one attached hydrogen (secondary N) is 1. The molecule has 2 aromatic heterocycles. The first kappa shape index (κ1) is 21.1. The van der Waals surface area contributed by atoms with Crippen LogP contribution in [0.5, 0.6) is 5.75 Å². The van der Waals surface area contributed by atoms with Crippen LogP contribution in [0.3, 0.4) is 0 Å². The van der Waals surface area contributed by atoms with Gasteiger partial charge in [-0.25, -0.2) is 4.39 Å². The minimum atomic E-state index is -4.95. The Morgan fingerprint density at radius 2 is 1.83 bits per heavy atom. The van der Waals surface area contributed by atoms with Gasteiger partial charge < -0.3 is 15.2 Å². The van der Waals surface area contributed by atoms with Crippen molar-refractivity contribution in [2.75, 3.05) is 0 Å². The van der Waals surface area contributed by atoms with E-state index in [1.54, 1.807) is 19.2 Å². The topological polar surface area (TPSA) is 69.1 Å². The zero-order valence-corrected chi connectivity index (χ0v) is 16.2. The van der Waals surface area contributed by atoms with Gasteiger partial charge in [0.05, 0.1) is 11.7 Å². The maximum absolute atomic E-state index is 14.0. The Hall–Kier alpha value is -2.61. The monoisotopic (exact) mass is 410 g/mol. The molecule has 0 aliphatic carbocycles. The van der Waals surface area contributed by atoms with E-state index in [2.05, 4.69) is 9.97 Å². The predicted molar refractivity (Wildman–Crippen MR) is 101 cm³/mol. The van der Waals surface area contributed by atoms with Crippen LogP contribution in [0.1, 0.15) is 37.1 Å². The standard InChI is InChI=1S/C21H22F4N2O2/c1-12-14-6-7-26-10-17(14)27-16(12)9-20(29,21(23,24)25)11-19(2,3)15-8-13(22)4-5-18(15)28/h4-8,10,27-29H,9,11H2,1-3H3. The van der Waals surface area contributed by atoms with Crippen molar-refractivity contribution in [1.29, 1.82) is 0 Å². The van der Waals surface area contributed by atoms with E-state index in [9.17, 15) is 27.8 Å². The number of H-pyrrole nitrogens is 1. The number of aromatic hydroxyl groups is 1. The lowest BCUT2D eigenvalue weighted by Gasteiger charge is -2.38. The first-order valence-corrected chi connectivity index (χ1v) is 9.03. The number of fused-ring (bicyclic) bond motifs is 1. The smallest absolute Gasteiger partial charge is 0.417 e. The molecule has 3 rings (SSSR count). The van der Waals surface area contributed by atoms with Gasteiger partial charge in [-0.15, -0.1) is 0 Å². The third-order valence-electron chi connectivity index (χ3n) is 5.38. The zero-order valence-electron chi connectivity index (χ0n) is 16.2. The highest BCUT2D eigenvalue weighted by atomic mass is 19.4. The molecule has 0 saturated heterocycles.